The Balaban J connectivity index is -0.0000000960. The monoisotopic (exact) mass is 767 g/mol. The first-order valence-electron chi connectivity index (χ1n) is 12.3. The van der Waals surface area contributed by atoms with Gasteiger partial charge in [-0.3, -0.25) is 0 Å². The van der Waals surface area contributed by atoms with Crippen LogP contribution >= 0.6 is 0 Å². The Kier molecular flexibility index (Phi) is 70.7. The van der Waals surface area contributed by atoms with Gasteiger partial charge in [0, 0.05) is 0 Å². The molecular weight excluding hydrogens is 709 g/mol. The van der Waals surface area contributed by atoms with Gasteiger partial charge in [-0.1, -0.05) is 0 Å². The third-order valence-electron chi connectivity index (χ3n) is 4.36. The van der Waals surface area contributed by atoms with E-state index in [1.165, 1.54) is 94.3 Å². The van der Waals surface area contributed by atoms with Crippen molar-refractivity contribution in [1.29, 1.82) is 0 Å². The maximum Gasteiger partial charge on any atom is -0.813 e. The van der Waals surface area contributed by atoms with Gasteiger partial charge >= 0.3 is 212 Å². The van der Waals surface area contributed by atoms with Crippen LogP contribution in [0.25, 0.3) is 0 Å². The molecule has 0 N–H and O–H groups in total. The minimum Gasteiger partial charge on any atom is -0.813 e. The van der Waals surface area contributed by atoms with Gasteiger partial charge in [0.2, 0.25) is 0 Å². The Morgan fingerprint density at radius 2 is 0.690 bits per heavy atom. The number of hydrogen-bond donors (Lipinski definition) is 0. The zero-order chi connectivity index (χ0) is 20.8. The predicted molar refractivity (Wildman–Crippen MR) is 152 cm³/mol. The standard InChI is InChI=1S/C8H17.4C4H9.2H2S.3Sn/c1-3-5-7-8-6-4-2;4*1-3-4-2;;;;;/h1,3-8H2,2H3;4*1,3-4H2,2H3;2*1H2;;;/q;;;;;;;;2*+1/p-2. The van der Waals surface area contributed by atoms with Crippen molar-refractivity contribution in [3.63, 3.8) is 0 Å². The third kappa shape index (κ3) is 59.2. The van der Waals surface area contributed by atoms with Crippen LogP contribution in [0.15, 0.2) is 0 Å². The van der Waals surface area contributed by atoms with Gasteiger partial charge in [0.25, 0.3) is 0 Å². The molecule has 0 heterocycles. The second-order valence-electron chi connectivity index (χ2n) is 7.43. The van der Waals surface area contributed by atoms with E-state index < -0.39 is 0 Å². The molecule has 0 bridgehead atoms. The molecule has 0 nitrogen and oxygen atoms in total. The van der Waals surface area contributed by atoms with E-state index >= 15 is 0 Å². The Bertz CT molecular complexity index is 157. The maximum atomic E-state index is 2.29. The van der Waals surface area contributed by atoms with Crippen molar-refractivity contribution >= 4 is 91.8 Å². The SMILES string of the molecule is CCCCCCC[CH2][Sn].CCC[CH2][Sn+][CH2]CCC.CCC[CH2][Sn+][CH2]CCC.[SH-].[SH-]. The Labute approximate surface area is 235 Å². The van der Waals surface area contributed by atoms with Crippen LogP contribution in [0.1, 0.15) is 125 Å². The molecule has 0 aromatic heterocycles. The Morgan fingerprint density at radius 3 is 0.966 bits per heavy atom. The van der Waals surface area contributed by atoms with Crippen molar-refractivity contribution in [2.45, 2.75) is 147 Å². The smallest absolute Gasteiger partial charge is 0.813 e. The van der Waals surface area contributed by atoms with Crippen LogP contribution in [-0.2, 0) is 27.0 Å². The van der Waals surface area contributed by atoms with Gasteiger partial charge in [0.1, 0.15) is 0 Å². The summed E-state index contributed by atoms with van der Waals surface area (Å²) in [4.78, 5) is 0. The molecule has 0 aromatic rings. The Hall–Kier alpha value is 3.10. The van der Waals surface area contributed by atoms with Gasteiger partial charge in [-0.05, 0) is 0 Å². The molecule has 29 heavy (non-hydrogen) atoms. The molecule has 0 aliphatic carbocycles. The molecule has 0 saturated heterocycles. The first-order valence-corrected chi connectivity index (χ1v) is 22.4. The molecule has 0 rings (SSSR count). The molecule has 0 aliphatic heterocycles. The summed E-state index contributed by atoms with van der Waals surface area (Å²) in [5.74, 6) is 0. The Morgan fingerprint density at radius 1 is 0.414 bits per heavy atom. The van der Waals surface area contributed by atoms with E-state index in [0.717, 1.165) is 0 Å². The molecule has 0 unspecified atom stereocenters. The fourth-order valence-electron chi connectivity index (χ4n) is 2.36. The average Bonchev–Trinajstić information content (AvgIpc) is 2.69. The minimum absolute atomic E-state index is 0. The molecule has 0 amide bonds. The van der Waals surface area contributed by atoms with E-state index in [-0.39, 0.29) is 69.3 Å². The number of thiol groups is 2. The van der Waals surface area contributed by atoms with E-state index in [1.807, 2.05) is 0 Å². The van der Waals surface area contributed by atoms with Crippen LogP contribution in [0.3, 0.4) is 0 Å². The van der Waals surface area contributed by atoms with Crippen LogP contribution < -0.4 is 0 Å². The largest absolute Gasteiger partial charge is 0.813 e. The van der Waals surface area contributed by atoms with E-state index in [0.29, 0.717) is 0 Å². The van der Waals surface area contributed by atoms with Crippen molar-refractivity contribution in [2.75, 3.05) is 0 Å². The van der Waals surface area contributed by atoms with Crippen LogP contribution in [0.5, 0.6) is 0 Å². The quantitative estimate of drug-likeness (QED) is 0.0594. The van der Waals surface area contributed by atoms with E-state index in [4.69, 9.17) is 0 Å². The van der Waals surface area contributed by atoms with Crippen molar-refractivity contribution < 1.29 is 0 Å². The van der Waals surface area contributed by atoms with Gasteiger partial charge in [0.05, 0.1) is 0 Å². The molecule has 0 aliphatic rings. The number of rotatable bonds is 18. The van der Waals surface area contributed by atoms with Gasteiger partial charge in [-0.15, -0.1) is 0 Å². The van der Waals surface area contributed by atoms with Crippen molar-refractivity contribution in [3.8, 4) is 0 Å². The molecule has 0 spiro atoms. The zero-order valence-corrected chi connectivity index (χ0v) is 31.2. The molecule has 5 radical (unpaired) electrons. The normalized spacial score (nSPS) is 9.03. The van der Waals surface area contributed by atoms with Crippen molar-refractivity contribution in [1.82, 2.24) is 0 Å². The van der Waals surface area contributed by atoms with E-state index in [1.54, 1.807) is 40.3 Å². The average molecular weight is 764 g/mol. The maximum absolute atomic E-state index is 2.29. The van der Waals surface area contributed by atoms with Crippen molar-refractivity contribution in [3.05, 3.63) is 0 Å². The predicted octanol–water partition coefficient (Wildman–Crippen LogP) is 8.65. The molecule has 175 valence electrons. The van der Waals surface area contributed by atoms with E-state index in [9.17, 15) is 0 Å². The summed E-state index contributed by atoms with van der Waals surface area (Å²) in [6, 6.07) is 0. The molecule has 0 atom stereocenters. The van der Waals surface area contributed by atoms with Gasteiger partial charge in [-0.2, -0.15) is 0 Å². The summed E-state index contributed by atoms with van der Waals surface area (Å²) >= 11 is 2.01. The molecule has 0 fully saturated rings. The summed E-state index contributed by atoms with van der Waals surface area (Å²) in [5.41, 5.74) is 0. The van der Waals surface area contributed by atoms with Crippen molar-refractivity contribution in [2.24, 2.45) is 0 Å². The van der Waals surface area contributed by atoms with Crippen LogP contribution in [0.2, 0.25) is 22.2 Å². The van der Waals surface area contributed by atoms with Gasteiger partial charge in [-0.25, -0.2) is 0 Å². The summed E-state index contributed by atoms with van der Waals surface area (Å²) in [7, 11) is 0. The summed E-state index contributed by atoms with van der Waals surface area (Å²) in [6.07, 6.45) is 20.4. The van der Waals surface area contributed by atoms with E-state index in [2.05, 4.69) is 34.6 Å². The first-order chi connectivity index (χ1) is 13.2. The van der Waals surface area contributed by atoms with Crippen LogP contribution in [0, 0.1) is 0 Å². The van der Waals surface area contributed by atoms with Gasteiger partial charge < -0.3 is 27.0 Å². The second kappa shape index (κ2) is 48.5. The molecule has 5 heteroatoms. The molecular formula is C24H55S2Sn3. The number of hydrogen-bond acceptors (Lipinski definition) is 2. The third-order valence-corrected chi connectivity index (χ3v) is 13.4. The second-order valence-corrected chi connectivity index (χ2v) is 17.4. The first kappa shape index (κ1) is 42.3. The van der Waals surface area contributed by atoms with Crippen LogP contribution in [0.4, 0.5) is 0 Å². The molecule has 0 aromatic carbocycles. The summed E-state index contributed by atoms with van der Waals surface area (Å²) in [6.45, 7) is 11.4. The summed E-state index contributed by atoms with van der Waals surface area (Å²) < 4.78 is 7.96. The fraction of sp³-hybridized carbons (Fsp3) is 1.00. The zero-order valence-electron chi connectivity index (χ0n) is 20.8. The van der Waals surface area contributed by atoms with Gasteiger partial charge in [0.15, 0.2) is 0 Å². The summed E-state index contributed by atoms with van der Waals surface area (Å²) in [5, 5.41) is 0. The van der Waals surface area contributed by atoms with Crippen LogP contribution in [-0.4, -0.2) is 64.8 Å². The minimum atomic E-state index is 0. The topological polar surface area (TPSA) is 0 Å². The fourth-order valence-corrected chi connectivity index (χ4v) is 11.4. The number of unbranched alkanes of at least 4 members (excludes halogenated alkanes) is 9. The molecule has 0 saturated carbocycles.